The molecule has 0 unspecified atom stereocenters. The van der Waals surface area contributed by atoms with Gasteiger partial charge in [0.2, 0.25) is 0 Å². The summed E-state index contributed by atoms with van der Waals surface area (Å²) in [4.78, 5) is 13.0. The molecule has 8 heteroatoms. The van der Waals surface area contributed by atoms with Crippen LogP contribution in [0, 0.1) is 0 Å². The highest BCUT2D eigenvalue weighted by Crippen LogP contribution is 2.24. The summed E-state index contributed by atoms with van der Waals surface area (Å²) in [6.07, 6.45) is -4.21. The van der Waals surface area contributed by atoms with Gasteiger partial charge in [-0.05, 0) is 0 Å². The largest absolute Gasteiger partial charge is 0.442 e. The van der Waals surface area contributed by atoms with Crippen LogP contribution in [-0.2, 0) is 14.2 Å². The zero-order valence-electron chi connectivity index (χ0n) is 10.6. The van der Waals surface area contributed by atoms with E-state index in [9.17, 15) is 15.0 Å². The van der Waals surface area contributed by atoms with Crippen molar-refractivity contribution in [3.8, 4) is 0 Å². The van der Waals surface area contributed by atoms with Gasteiger partial charge in [0.1, 0.15) is 24.4 Å². The van der Waals surface area contributed by atoms with Crippen LogP contribution in [0.2, 0.25) is 0 Å². The van der Waals surface area contributed by atoms with Gasteiger partial charge in [-0.1, -0.05) is 0 Å². The van der Waals surface area contributed by atoms with Crippen LogP contribution >= 0.6 is 0 Å². The molecule has 0 spiro atoms. The second-order valence-corrected chi connectivity index (χ2v) is 4.72. The van der Waals surface area contributed by atoms with Crippen LogP contribution in [0.4, 0.5) is 4.79 Å². The molecule has 8 nitrogen and oxygen atoms in total. The molecular formula is C11H19NO7. The molecule has 0 bridgehead atoms. The quantitative estimate of drug-likeness (QED) is 0.542. The molecule has 19 heavy (non-hydrogen) atoms. The van der Waals surface area contributed by atoms with Gasteiger partial charge < -0.3 is 29.5 Å². The Morgan fingerprint density at radius 3 is 2.79 bits per heavy atom. The van der Waals surface area contributed by atoms with E-state index in [4.69, 9.17) is 19.3 Å². The molecule has 0 saturated carbocycles. The monoisotopic (exact) mass is 277 g/mol. The lowest BCUT2D eigenvalue weighted by atomic mass is 9.97. The lowest BCUT2D eigenvalue weighted by Crippen LogP contribution is -2.60. The van der Waals surface area contributed by atoms with Crippen molar-refractivity contribution in [3.63, 3.8) is 0 Å². The Bertz CT molecular complexity index is 326. The van der Waals surface area contributed by atoms with E-state index >= 15 is 0 Å². The maximum atomic E-state index is 11.7. The topological polar surface area (TPSA) is 109 Å². The Morgan fingerprint density at radius 1 is 1.42 bits per heavy atom. The molecule has 2 fully saturated rings. The molecule has 0 aromatic rings. The number of methoxy groups -OCH3 is 1. The number of amides is 1. The van der Waals surface area contributed by atoms with Gasteiger partial charge >= 0.3 is 6.09 Å². The summed E-state index contributed by atoms with van der Waals surface area (Å²) < 4.78 is 15.2. The second-order valence-electron chi connectivity index (χ2n) is 4.72. The number of cyclic esters (lactones) is 1. The third-order valence-electron chi connectivity index (χ3n) is 3.44. The van der Waals surface area contributed by atoms with Crippen molar-refractivity contribution in [1.82, 2.24) is 4.90 Å². The fourth-order valence-electron chi connectivity index (χ4n) is 2.39. The van der Waals surface area contributed by atoms with Gasteiger partial charge in [0.25, 0.3) is 0 Å². The highest BCUT2D eigenvalue weighted by atomic mass is 16.6. The SMILES string of the molecule is COC[C@@H]1CN([C@H]2CO[C@H](CO)[C@H](O)[C@@H]2O)C(=O)O1. The van der Waals surface area contributed by atoms with Crippen molar-refractivity contribution >= 4 is 6.09 Å². The average molecular weight is 277 g/mol. The molecule has 2 aliphatic rings. The molecule has 3 N–H and O–H groups in total. The first-order valence-corrected chi connectivity index (χ1v) is 6.13. The molecule has 0 radical (unpaired) electrons. The molecule has 0 aliphatic carbocycles. The van der Waals surface area contributed by atoms with E-state index in [1.165, 1.54) is 12.0 Å². The molecule has 110 valence electrons. The zero-order valence-corrected chi connectivity index (χ0v) is 10.6. The molecule has 2 rings (SSSR count). The van der Waals surface area contributed by atoms with E-state index in [1.54, 1.807) is 0 Å². The third-order valence-corrected chi connectivity index (χ3v) is 3.44. The predicted octanol–water partition coefficient (Wildman–Crippen LogP) is -2.06. The number of ether oxygens (including phenoxy) is 3. The fourth-order valence-corrected chi connectivity index (χ4v) is 2.39. The maximum absolute atomic E-state index is 11.7. The molecule has 5 atom stereocenters. The Labute approximate surface area is 110 Å². The first-order valence-electron chi connectivity index (χ1n) is 6.13. The smallest absolute Gasteiger partial charge is 0.410 e. The van der Waals surface area contributed by atoms with Crippen LogP contribution in [0.1, 0.15) is 0 Å². The summed E-state index contributed by atoms with van der Waals surface area (Å²) in [6, 6.07) is -0.688. The van der Waals surface area contributed by atoms with Gasteiger partial charge in [-0.25, -0.2) is 4.79 Å². The van der Waals surface area contributed by atoms with E-state index in [0.717, 1.165) is 0 Å². The highest BCUT2D eigenvalue weighted by Gasteiger charge is 2.46. The Hall–Kier alpha value is -0.930. The van der Waals surface area contributed by atoms with Gasteiger partial charge in [-0.15, -0.1) is 0 Å². The number of hydrogen-bond acceptors (Lipinski definition) is 7. The number of aliphatic hydroxyl groups excluding tert-OH is 3. The van der Waals surface area contributed by atoms with Crippen molar-refractivity contribution < 1.29 is 34.3 Å². The van der Waals surface area contributed by atoms with E-state index in [1.807, 2.05) is 0 Å². The van der Waals surface area contributed by atoms with E-state index in [0.29, 0.717) is 0 Å². The van der Waals surface area contributed by atoms with E-state index in [-0.39, 0.29) is 26.4 Å². The summed E-state index contributed by atoms with van der Waals surface area (Å²) in [5.41, 5.74) is 0. The lowest BCUT2D eigenvalue weighted by Gasteiger charge is -2.40. The van der Waals surface area contributed by atoms with Crippen LogP contribution in [0.3, 0.4) is 0 Å². The minimum absolute atomic E-state index is 0.0399. The molecular weight excluding hydrogens is 258 g/mol. The fraction of sp³-hybridized carbons (Fsp3) is 0.909. The Morgan fingerprint density at radius 2 is 2.16 bits per heavy atom. The van der Waals surface area contributed by atoms with Crippen molar-refractivity contribution in [2.45, 2.75) is 30.5 Å². The maximum Gasteiger partial charge on any atom is 0.410 e. The number of carbonyl (C=O) groups is 1. The Kier molecular flexibility index (Phi) is 4.58. The van der Waals surface area contributed by atoms with Crippen LogP contribution in [0.25, 0.3) is 0 Å². The van der Waals surface area contributed by atoms with Gasteiger partial charge in [0.05, 0.1) is 32.4 Å². The lowest BCUT2D eigenvalue weighted by molar-refractivity contribution is -0.174. The Balaban J connectivity index is 2.00. The number of hydrogen-bond donors (Lipinski definition) is 3. The van der Waals surface area contributed by atoms with Crippen LogP contribution in [-0.4, -0.2) is 90.2 Å². The predicted molar refractivity (Wildman–Crippen MR) is 61.5 cm³/mol. The first kappa shape index (κ1) is 14.5. The van der Waals surface area contributed by atoms with E-state index < -0.39 is 36.6 Å². The molecule has 2 aliphatic heterocycles. The number of rotatable bonds is 4. The number of nitrogens with zero attached hydrogens (tertiary/aromatic N) is 1. The van der Waals surface area contributed by atoms with Crippen LogP contribution in [0.5, 0.6) is 0 Å². The molecule has 0 aromatic carbocycles. The van der Waals surface area contributed by atoms with Crippen molar-refractivity contribution in [2.24, 2.45) is 0 Å². The number of carbonyl (C=O) groups excluding carboxylic acids is 1. The minimum Gasteiger partial charge on any atom is -0.442 e. The van der Waals surface area contributed by atoms with Gasteiger partial charge in [0.15, 0.2) is 0 Å². The zero-order chi connectivity index (χ0) is 14.0. The summed E-state index contributed by atoms with van der Waals surface area (Å²) >= 11 is 0. The molecule has 0 aromatic heterocycles. The summed E-state index contributed by atoms with van der Waals surface area (Å²) in [5.74, 6) is 0. The van der Waals surface area contributed by atoms with Crippen LogP contribution < -0.4 is 0 Å². The van der Waals surface area contributed by atoms with Gasteiger partial charge in [0, 0.05) is 7.11 Å². The molecule has 2 heterocycles. The van der Waals surface area contributed by atoms with E-state index in [2.05, 4.69) is 0 Å². The standard InChI is InChI=1S/C11H19NO7/c1-17-4-6-2-12(11(16)19-6)7-5-18-8(3-13)10(15)9(7)14/h6-10,13-15H,2-5H2,1H3/t6-,7-,8+,9+,10-/m0/s1. The minimum atomic E-state index is -1.24. The van der Waals surface area contributed by atoms with Crippen molar-refractivity contribution in [3.05, 3.63) is 0 Å². The molecule has 1 amide bonds. The summed E-state index contributed by atoms with van der Waals surface area (Å²) in [7, 11) is 1.50. The second kappa shape index (κ2) is 6.02. The summed E-state index contributed by atoms with van der Waals surface area (Å²) in [5, 5.41) is 28.8. The highest BCUT2D eigenvalue weighted by molar-refractivity contribution is 5.70. The van der Waals surface area contributed by atoms with Crippen LogP contribution in [0.15, 0.2) is 0 Å². The molecule has 2 saturated heterocycles. The third kappa shape index (κ3) is 2.82. The van der Waals surface area contributed by atoms with Gasteiger partial charge in [-0.3, -0.25) is 4.90 Å². The average Bonchev–Trinajstić information content (AvgIpc) is 2.74. The van der Waals surface area contributed by atoms with Crippen molar-refractivity contribution in [1.29, 1.82) is 0 Å². The first-order chi connectivity index (χ1) is 9.08. The van der Waals surface area contributed by atoms with Gasteiger partial charge in [-0.2, -0.15) is 0 Å². The summed E-state index contributed by atoms with van der Waals surface area (Å²) in [6.45, 7) is 0.196. The number of aliphatic hydroxyl groups is 3. The normalized spacial score (nSPS) is 39.5. The van der Waals surface area contributed by atoms with Crippen molar-refractivity contribution in [2.75, 3.05) is 33.5 Å².